The summed E-state index contributed by atoms with van der Waals surface area (Å²) < 4.78 is 18.4. The molecule has 4 atom stereocenters. The predicted molar refractivity (Wildman–Crippen MR) is 154 cm³/mol. The Kier molecular flexibility index (Phi) is 8.23. The highest BCUT2D eigenvalue weighted by Gasteiger charge is 2.61. The third-order valence-corrected chi connectivity index (χ3v) is 12.8. The molecule has 3 aromatic carbocycles. The van der Waals surface area contributed by atoms with E-state index in [1.54, 1.807) is 12.0 Å². The number of hydrogen-bond acceptors (Lipinski definition) is 7. The number of carbonyl (C=O) groups excluding carboxylic acids is 2. The molecule has 210 valence electrons. The Morgan fingerprint density at radius 2 is 1.45 bits per heavy atom. The van der Waals surface area contributed by atoms with Gasteiger partial charge in [0, 0.05) is 0 Å². The lowest BCUT2D eigenvalue weighted by Gasteiger charge is -2.43. The van der Waals surface area contributed by atoms with Crippen molar-refractivity contribution in [1.82, 2.24) is 5.06 Å². The van der Waals surface area contributed by atoms with E-state index in [1.807, 2.05) is 66.7 Å². The van der Waals surface area contributed by atoms with Crippen molar-refractivity contribution in [3.63, 3.8) is 0 Å². The number of esters is 2. The predicted octanol–water partition coefficient (Wildman–Crippen LogP) is 3.85. The molecular weight excluding hydrogens is 522 g/mol. The van der Waals surface area contributed by atoms with Crippen LogP contribution in [0.4, 0.5) is 0 Å². The van der Waals surface area contributed by atoms with Crippen LogP contribution in [0.3, 0.4) is 0 Å². The summed E-state index contributed by atoms with van der Waals surface area (Å²) in [5.74, 6) is -1.47. The van der Waals surface area contributed by atoms with E-state index in [4.69, 9.17) is 18.7 Å². The van der Waals surface area contributed by atoms with Crippen LogP contribution in [0, 0.1) is 5.92 Å². The molecule has 3 aromatic rings. The lowest BCUT2D eigenvalue weighted by molar-refractivity contribution is -0.199. The summed E-state index contributed by atoms with van der Waals surface area (Å²) in [4.78, 5) is 32.5. The molecule has 2 saturated heterocycles. The third-order valence-electron chi connectivity index (χ3n) is 7.79. The monoisotopic (exact) mass is 559 g/mol. The largest absolute Gasteiger partial charge is 0.465 e. The third kappa shape index (κ3) is 5.24. The molecule has 5 rings (SSSR count). The standard InChI is InChI=1S/C32H37NO6Si/c1-5-36-30(34)28-27-26(38-31(35)29(27)39-33(28)21-23-15-9-6-10-16-23)22-37-40(32(2,3)4,24-17-11-7-12-18-24)25-19-13-8-14-20-25/h6-20,26-29H,5,21-22H2,1-4H3/t26-,27+,28-,29-/m1/s1. The summed E-state index contributed by atoms with van der Waals surface area (Å²) in [6.45, 7) is 9.07. The van der Waals surface area contributed by atoms with E-state index < -0.39 is 44.4 Å². The van der Waals surface area contributed by atoms with Gasteiger partial charge in [-0.1, -0.05) is 112 Å². The second-order valence-corrected chi connectivity index (χ2v) is 15.6. The van der Waals surface area contributed by atoms with Crippen LogP contribution in [0.25, 0.3) is 0 Å². The number of cyclic esters (lactones) is 1. The van der Waals surface area contributed by atoms with Crippen molar-refractivity contribution < 1.29 is 28.3 Å². The van der Waals surface area contributed by atoms with E-state index in [-0.39, 0.29) is 18.3 Å². The first-order valence-electron chi connectivity index (χ1n) is 13.9. The van der Waals surface area contributed by atoms with Crippen LogP contribution in [0.15, 0.2) is 91.0 Å². The molecule has 2 aliphatic heterocycles. The molecule has 0 aromatic heterocycles. The SMILES string of the molecule is CCOC(=O)[C@H]1[C@@H]2[C@@H](CO[Si](c3ccccc3)(c3ccccc3)C(C)(C)C)OC(=O)[C@@H]2ON1Cc1ccccc1. The Labute approximate surface area is 237 Å². The highest BCUT2D eigenvalue weighted by molar-refractivity contribution is 6.99. The van der Waals surface area contributed by atoms with E-state index in [1.165, 1.54) is 0 Å². The smallest absolute Gasteiger partial charge is 0.338 e. The molecule has 2 fully saturated rings. The van der Waals surface area contributed by atoms with Crippen molar-refractivity contribution in [3.05, 3.63) is 96.6 Å². The lowest BCUT2D eigenvalue weighted by atomic mass is 9.91. The first-order valence-corrected chi connectivity index (χ1v) is 15.8. The molecule has 2 aliphatic rings. The van der Waals surface area contributed by atoms with Gasteiger partial charge in [0.05, 0.1) is 25.7 Å². The van der Waals surface area contributed by atoms with E-state index in [9.17, 15) is 9.59 Å². The molecular formula is C32H37NO6Si. The van der Waals surface area contributed by atoms with Gasteiger partial charge in [-0.15, -0.1) is 0 Å². The van der Waals surface area contributed by atoms with Crippen molar-refractivity contribution in [2.75, 3.05) is 13.2 Å². The molecule has 0 saturated carbocycles. The average Bonchev–Trinajstić information content (AvgIpc) is 3.47. The summed E-state index contributed by atoms with van der Waals surface area (Å²) in [5.41, 5.74) is 0.963. The Bertz CT molecular complexity index is 1260. The van der Waals surface area contributed by atoms with Gasteiger partial charge in [-0.2, -0.15) is 5.06 Å². The molecule has 0 aliphatic carbocycles. The molecule has 0 radical (unpaired) electrons. The van der Waals surface area contributed by atoms with E-state index in [2.05, 4.69) is 45.0 Å². The fourth-order valence-electron chi connectivity index (χ4n) is 6.05. The molecule has 2 heterocycles. The second kappa shape index (κ2) is 11.7. The Balaban J connectivity index is 1.49. The maximum atomic E-state index is 13.3. The fourth-order valence-corrected chi connectivity index (χ4v) is 10.6. The number of benzene rings is 3. The zero-order valence-electron chi connectivity index (χ0n) is 23.5. The Hall–Kier alpha value is -3.30. The maximum absolute atomic E-state index is 13.3. The van der Waals surface area contributed by atoms with Crippen LogP contribution in [0.2, 0.25) is 5.04 Å². The van der Waals surface area contributed by atoms with Gasteiger partial charge in [0.15, 0.2) is 6.10 Å². The van der Waals surface area contributed by atoms with Gasteiger partial charge in [-0.25, -0.2) is 4.79 Å². The zero-order chi connectivity index (χ0) is 28.3. The number of rotatable bonds is 9. The van der Waals surface area contributed by atoms with Crippen molar-refractivity contribution in [2.45, 2.75) is 57.5 Å². The maximum Gasteiger partial charge on any atom is 0.338 e. The summed E-state index contributed by atoms with van der Waals surface area (Å²) >= 11 is 0. The molecule has 0 amide bonds. The average molecular weight is 560 g/mol. The molecule has 8 heteroatoms. The van der Waals surface area contributed by atoms with Crippen LogP contribution in [0.1, 0.15) is 33.3 Å². The summed E-state index contributed by atoms with van der Waals surface area (Å²) in [6, 6.07) is 29.5. The van der Waals surface area contributed by atoms with E-state index in [0.717, 1.165) is 15.9 Å². The van der Waals surface area contributed by atoms with Crippen molar-refractivity contribution in [1.29, 1.82) is 0 Å². The van der Waals surface area contributed by atoms with Gasteiger partial charge in [0.25, 0.3) is 8.32 Å². The minimum Gasteiger partial charge on any atom is -0.465 e. The molecule has 0 unspecified atom stereocenters. The number of carbonyl (C=O) groups is 2. The number of hydrogen-bond donors (Lipinski definition) is 0. The summed E-state index contributed by atoms with van der Waals surface area (Å²) in [7, 11) is -2.89. The molecule has 0 bridgehead atoms. The lowest BCUT2D eigenvalue weighted by Crippen LogP contribution is -2.67. The number of nitrogens with zero attached hydrogens (tertiary/aromatic N) is 1. The number of fused-ring (bicyclic) bond motifs is 1. The number of hydroxylamine groups is 2. The first-order chi connectivity index (χ1) is 19.3. The van der Waals surface area contributed by atoms with Gasteiger partial charge >= 0.3 is 11.9 Å². The zero-order valence-corrected chi connectivity index (χ0v) is 24.5. The van der Waals surface area contributed by atoms with Crippen molar-refractivity contribution in [2.24, 2.45) is 5.92 Å². The van der Waals surface area contributed by atoms with Gasteiger partial charge < -0.3 is 13.9 Å². The Morgan fingerprint density at radius 1 is 0.900 bits per heavy atom. The fraction of sp³-hybridized carbons (Fsp3) is 0.375. The van der Waals surface area contributed by atoms with Crippen molar-refractivity contribution in [3.8, 4) is 0 Å². The summed E-state index contributed by atoms with van der Waals surface area (Å²) in [5, 5.41) is 3.60. The van der Waals surface area contributed by atoms with Gasteiger partial charge in [0.2, 0.25) is 0 Å². The van der Waals surface area contributed by atoms with Crippen LogP contribution in [0.5, 0.6) is 0 Å². The van der Waals surface area contributed by atoms with E-state index >= 15 is 0 Å². The second-order valence-electron chi connectivity index (χ2n) is 11.3. The number of ether oxygens (including phenoxy) is 2. The minimum absolute atomic E-state index is 0.138. The van der Waals surface area contributed by atoms with Gasteiger partial charge in [-0.05, 0) is 27.9 Å². The molecule has 0 N–H and O–H groups in total. The quantitative estimate of drug-likeness (QED) is 0.291. The van der Waals surface area contributed by atoms with Gasteiger partial charge in [-0.3, -0.25) is 9.63 Å². The van der Waals surface area contributed by atoms with Crippen LogP contribution in [-0.2, 0) is 34.9 Å². The van der Waals surface area contributed by atoms with Gasteiger partial charge in [0.1, 0.15) is 12.1 Å². The molecule has 40 heavy (non-hydrogen) atoms. The normalized spacial score (nSPS) is 23.1. The highest BCUT2D eigenvalue weighted by Crippen LogP contribution is 2.41. The minimum atomic E-state index is -2.89. The van der Waals surface area contributed by atoms with Crippen LogP contribution >= 0.6 is 0 Å². The summed E-state index contributed by atoms with van der Waals surface area (Å²) in [6.07, 6.45) is -1.57. The molecule has 0 spiro atoms. The Morgan fingerprint density at radius 3 is 1.98 bits per heavy atom. The first kappa shape index (κ1) is 28.2. The highest BCUT2D eigenvalue weighted by atomic mass is 28.4. The molecule has 7 nitrogen and oxygen atoms in total. The topological polar surface area (TPSA) is 74.3 Å². The van der Waals surface area contributed by atoms with Crippen LogP contribution in [-0.4, -0.2) is 56.8 Å². The van der Waals surface area contributed by atoms with Crippen molar-refractivity contribution >= 4 is 30.6 Å². The van der Waals surface area contributed by atoms with Crippen LogP contribution < -0.4 is 10.4 Å². The van der Waals surface area contributed by atoms with E-state index in [0.29, 0.717) is 6.54 Å².